The van der Waals surface area contributed by atoms with E-state index in [4.69, 9.17) is 0 Å². The fourth-order valence-corrected chi connectivity index (χ4v) is 1.55. The third-order valence-electron chi connectivity index (χ3n) is 3.03. The lowest BCUT2D eigenvalue weighted by Gasteiger charge is -2.21. The van der Waals surface area contributed by atoms with Gasteiger partial charge in [-0.25, -0.2) is 4.39 Å². The first-order chi connectivity index (χ1) is 10.6. The van der Waals surface area contributed by atoms with Crippen LogP contribution in [-0.2, 0) is 20.8 Å². The Bertz CT molecular complexity index is 579. The number of hydrogen-bond donors (Lipinski definition) is 3. The molecule has 3 N–H and O–H groups in total. The van der Waals surface area contributed by atoms with E-state index < -0.39 is 23.3 Å². The minimum Gasteiger partial charge on any atom is -0.344 e. The second kappa shape index (κ2) is 7.71. The average molecular weight is 323 g/mol. The molecule has 3 amide bonds. The number of carbonyl (C=O) groups excluding carboxylic acids is 3. The molecule has 1 atom stereocenters. The van der Waals surface area contributed by atoms with Gasteiger partial charge in [0, 0.05) is 5.41 Å². The van der Waals surface area contributed by atoms with Crippen LogP contribution < -0.4 is 16.2 Å². The van der Waals surface area contributed by atoms with E-state index in [2.05, 4.69) is 16.2 Å². The molecule has 0 aliphatic carbocycles. The molecule has 0 unspecified atom stereocenters. The molecule has 1 aromatic rings. The summed E-state index contributed by atoms with van der Waals surface area (Å²) in [5, 5.41) is 2.56. The Labute approximate surface area is 134 Å². The summed E-state index contributed by atoms with van der Waals surface area (Å²) in [6, 6.07) is 4.70. The largest absolute Gasteiger partial charge is 0.344 e. The molecule has 0 aliphatic heterocycles. The molecule has 0 aliphatic rings. The van der Waals surface area contributed by atoms with Crippen LogP contribution in [-0.4, -0.2) is 23.8 Å². The Kier molecular flexibility index (Phi) is 6.24. The second-order valence-electron chi connectivity index (χ2n) is 6.29. The van der Waals surface area contributed by atoms with Gasteiger partial charge in [0.05, 0.1) is 6.42 Å². The molecular weight excluding hydrogens is 301 g/mol. The van der Waals surface area contributed by atoms with E-state index in [1.807, 2.05) is 0 Å². The van der Waals surface area contributed by atoms with E-state index in [-0.39, 0.29) is 18.1 Å². The first-order valence-corrected chi connectivity index (χ1v) is 7.23. The molecular formula is C16H22FN3O3. The van der Waals surface area contributed by atoms with E-state index >= 15 is 0 Å². The summed E-state index contributed by atoms with van der Waals surface area (Å²) in [6.45, 7) is 6.72. The Morgan fingerprint density at radius 3 is 2.17 bits per heavy atom. The van der Waals surface area contributed by atoms with E-state index in [1.165, 1.54) is 31.2 Å². The number of amides is 3. The van der Waals surface area contributed by atoms with Crippen LogP contribution in [0.2, 0.25) is 0 Å². The molecule has 7 heteroatoms. The molecule has 23 heavy (non-hydrogen) atoms. The van der Waals surface area contributed by atoms with Crippen LogP contribution in [0.5, 0.6) is 0 Å². The SMILES string of the molecule is C[C@@H](NC(=O)C(C)(C)C)C(=O)NNC(=O)Cc1ccc(F)cc1. The van der Waals surface area contributed by atoms with E-state index in [9.17, 15) is 18.8 Å². The molecule has 0 saturated carbocycles. The Balaban J connectivity index is 2.41. The van der Waals surface area contributed by atoms with Crippen molar-refractivity contribution >= 4 is 17.7 Å². The predicted octanol–water partition coefficient (Wildman–Crippen LogP) is 1.07. The van der Waals surface area contributed by atoms with Gasteiger partial charge in [-0.15, -0.1) is 0 Å². The zero-order valence-corrected chi connectivity index (χ0v) is 13.7. The molecule has 0 fully saturated rings. The van der Waals surface area contributed by atoms with Crippen molar-refractivity contribution in [2.75, 3.05) is 0 Å². The minimum absolute atomic E-state index is 0.00327. The summed E-state index contributed by atoms with van der Waals surface area (Å²) >= 11 is 0. The molecule has 0 bridgehead atoms. The second-order valence-corrected chi connectivity index (χ2v) is 6.29. The van der Waals surface area contributed by atoms with Gasteiger partial charge in [-0.1, -0.05) is 32.9 Å². The molecule has 126 valence electrons. The number of halogens is 1. The zero-order valence-electron chi connectivity index (χ0n) is 13.7. The summed E-state index contributed by atoms with van der Waals surface area (Å²) < 4.78 is 12.8. The van der Waals surface area contributed by atoms with Crippen LogP contribution in [0.15, 0.2) is 24.3 Å². The van der Waals surface area contributed by atoms with Crippen LogP contribution in [0.25, 0.3) is 0 Å². The van der Waals surface area contributed by atoms with E-state index in [0.717, 1.165) is 0 Å². The minimum atomic E-state index is -0.784. The standard InChI is InChI=1S/C16H22FN3O3/c1-10(18-15(23)16(2,3)4)14(22)20-19-13(21)9-11-5-7-12(17)8-6-11/h5-8,10H,9H2,1-4H3,(H,18,23)(H,19,21)(H,20,22)/t10-/m1/s1. The van der Waals surface area contributed by atoms with Crippen LogP contribution in [0, 0.1) is 11.2 Å². The average Bonchev–Trinajstić information content (AvgIpc) is 2.46. The summed E-state index contributed by atoms with van der Waals surface area (Å²) in [6.07, 6.45) is 0.00327. The smallest absolute Gasteiger partial charge is 0.260 e. The lowest BCUT2D eigenvalue weighted by atomic mass is 9.95. The van der Waals surface area contributed by atoms with Gasteiger partial charge in [0.2, 0.25) is 11.8 Å². The molecule has 0 spiro atoms. The number of benzene rings is 1. The number of nitrogens with one attached hydrogen (secondary N) is 3. The topological polar surface area (TPSA) is 87.3 Å². The fourth-order valence-electron chi connectivity index (χ4n) is 1.55. The quantitative estimate of drug-likeness (QED) is 0.724. The molecule has 6 nitrogen and oxygen atoms in total. The molecule has 0 aromatic heterocycles. The van der Waals surface area contributed by atoms with Crippen molar-refractivity contribution in [2.45, 2.75) is 40.2 Å². The number of carbonyl (C=O) groups is 3. The van der Waals surface area contributed by atoms with Crippen LogP contribution in [0.4, 0.5) is 4.39 Å². The Morgan fingerprint density at radius 2 is 1.65 bits per heavy atom. The highest BCUT2D eigenvalue weighted by Crippen LogP contribution is 2.12. The summed E-state index contributed by atoms with van der Waals surface area (Å²) in [7, 11) is 0. The summed E-state index contributed by atoms with van der Waals surface area (Å²) in [5.74, 6) is -1.63. The zero-order chi connectivity index (χ0) is 17.6. The third-order valence-corrected chi connectivity index (χ3v) is 3.03. The van der Waals surface area contributed by atoms with Gasteiger partial charge in [-0.05, 0) is 24.6 Å². The van der Waals surface area contributed by atoms with Crippen molar-refractivity contribution in [1.82, 2.24) is 16.2 Å². The van der Waals surface area contributed by atoms with Crippen LogP contribution in [0.1, 0.15) is 33.3 Å². The number of hydrogen-bond acceptors (Lipinski definition) is 3. The highest BCUT2D eigenvalue weighted by molar-refractivity contribution is 5.90. The van der Waals surface area contributed by atoms with Crippen LogP contribution in [0.3, 0.4) is 0 Å². The van der Waals surface area contributed by atoms with Gasteiger partial charge >= 0.3 is 0 Å². The molecule has 0 heterocycles. The normalized spacial score (nSPS) is 12.2. The first-order valence-electron chi connectivity index (χ1n) is 7.23. The molecule has 0 radical (unpaired) electrons. The van der Waals surface area contributed by atoms with Crippen molar-refractivity contribution in [3.63, 3.8) is 0 Å². The molecule has 1 rings (SSSR count). The van der Waals surface area contributed by atoms with Gasteiger partial charge in [-0.3, -0.25) is 25.2 Å². The third kappa shape index (κ3) is 6.46. The maximum absolute atomic E-state index is 12.8. The maximum Gasteiger partial charge on any atom is 0.260 e. The van der Waals surface area contributed by atoms with Crippen molar-refractivity contribution in [3.05, 3.63) is 35.6 Å². The summed E-state index contributed by atoms with van der Waals surface area (Å²) in [5.41, 5.74) is 4.51. The lowest BCUT2D eigenvalue weighted by molar-refractivity contribution is -0.134. The predicted molar refractivity (Wildman–Crippen MR) is 83.4 cm³/mol. The van der Waals surface area contributed by atoms with Gasteiger partial charge in [0.25, 0.3) is 5.91 Å². The Morgan fingerprint density at radius 1 is 1.09 bits per heavy atom. The fraction of sp³-hybridized carbons (Fsp3) is 0.438. The van der Waals surface area contributed by atoms with Gasteiger partial charge in [0.1, 0.15) is 11.9 Å². The van der Waals surface area contributed by atoms with Gasteiger partial charge in [-0.2, -0.15) is 0 Å². The number of rotatable bonds is 4. The van der Waals surface area contributed by atoms with E-state index in [1.54, 1.807) is 20.8 Å². The molecule has 1 aromatic carbocycles. The number of hydrazine groups is 1. The van der Waals surface area contributed by atoms with Crippen molar-refractivity contribution in [2.24, 2.45) is 5.41 Å². The van der Waals surface area contributed by atoms with Crippen molar-refractivity contribution in [1.29, 1.82) is 0 Å². The molecule has 0 saturated heterocycles. The van der Waals surface area contributed by atoms with Crippen LogP contribution >= 0.6 is 0 Å². The first kappa shape index (κ1) is 18.6. The highest BCUT2D eigenvalue weighted by atomic mass is 19.1. The summed E-state index contributed by atoms with van der Waals surface area (Å²) in [4.78, 5) is 35.3. The van der Waals surface area contributed by atoms with Crippen molar-refractivity contribution < 1.29 is 18.8 Å². The van der Waals surface area contributed by atoms with Gasteiger partial charge < -0.3 is 5.32 Å². The highest BCUT2D eigenvalue weighted by Gasteiger charge is 2.25. The maximum atomic E-state index is 12.8. The Hall–Kier alpha value is -2.44. The van der Waals surface area contributed by atoms with E-state index in [0.29, 0.717) is 5.56 Å². The van der Waals surface area contributed by atoms with Crippen molar-refractivity contribution in [3.8, 4) is 0 Å². The van der Waals surface area contributed by atoms with Gasteiger partial charge in [0.15, 0.2) is 0 Å². The monoisotopic (exact) mass is 323 g/mol. The lowest BCUT2D eigenvalue weighted by Crippen LogP contribution is -2.53.